The first kappa shape index (κ1) is 51.4. The van der Waals surface area contributed by atoms with Gasteiger partial charge in [0.2, 0.25) is 0 Å². The molecule has 0 bridgehead atoms. The number of hydrogen-bond acceptors (Lipinski definition) is 9. The van der Waals surface area contributed by atoms with Crippen LogP contribution in [-0.2, 0) is 37.5 Å². The molecule has 0 aromatic heterocycles. The van der Waals surface area contributed by atoms with Crippen LogP contribution in [0.4, 0.5) is 0 Å². The number of carboxylic acid groups (broad SMARTS) is 1. The van der Waals surface area contributed by atoms with Gasteiger partial charge >= 0.3 is 25.7 Å². The third-order valence-electron chi connectivity index (χ3n) is 8.59. The molecule has 0 aromatic carbocycles. The van der Waals surface area contributed by atoms with Crippen molar-refractivity contribution in [3.63, 3.8) is 0 Å². The summed E-state index contributed by atoms with van der Waals surface area (Å²) in [6.07, 6.45) is 40.4. The maximum absolute atomic E-state index is 12.6. The van der Waals surface area contributed by atoms with Gasteiger partial charge in [-0.2, -0.15) is 0 Å². The quantitative estimate of drug-likeness (QED) is 0.0235. The van der Waals surface area contributed by atoms with Crippen molar-refractivity contribution in [2.75, 3.05) is 19.8 Å². The van der Waals surface area contributed by atoms with E-state index in [0.29, 0.717) is 12.8 Å². The molecule has 0 heterocycles. The number of allylic oxidation sites excluding steroid dienone is 8. The molecule has 0 amide bonds. The van der Waals surface area contributed by atoms with Gasteiger partial charge in [-0.15, -0.1) is 0 Å². The standard InChI is InChI=1S/C42H74NO10P/c1-3-5-7-9-11-13-15-17-19-21-23-25-27-29-31-33-40(44)50-35-38(36-51-54(48,49)52-37-39(43)42(46)47)53-41(45)34-32-30-28-26-24-22-20-18-16-14-12-10-8-6-4-2/h5,7,11,13,17,19,23,25,38-39H,3-4,6,8-10,12,14-16,18,20-22,24,26-37,43H2,1-2H3,(H,46,47)(H,48,49)/b7-5+,13-11+,19-17+,25-23+/t38-,39+/m1/s1. The van der Waals surface area contributed by atoms with Crippen LogP contribution in [-0.4, -0.2) is 59.9 Å². The lowest BCUT2D eigenvalue weighted by atomic mass is 10.0. The fraction of sp³-hybridized carbons (Fsp3) is 0.738. The first-order valence-electron chi connectivity index (χ1n) is 20.7. The molecule has 4 N–H and O–H groups in total. The van der Waals surface area contributed by atoms with Crippen LogP contribution < -0.4 is 5.73 Å². The molecule has 3 atom stereocenters. The zero-order valence-corrected chi connectivity index (χ0v) is 34.4. The Morgan fingerprint density at radius 3 is 1.56 bits per heavy atom. The zero-order chi connectivity index (χ0) is 40.0. The average Bonchev–Trinajstić information content (AvgIpc) is 3.14. The molecule has 0 aliphatic carbocycles. The highest BCUT2D eigenvalue weighted by atomic mass is 31.2. The smallest absolute Gasteiger partial charge is 0.472 e. The van der Waals surface area contributed by atoms with Crippen LogP contribution in [0.15, 0.2) is 48.6 Å². The number of unbranched alkanes of at least 4 members (excludes halogenated alkanes) is 16. The third kappa shape index (κ3) is 36.4. The van der Waals surface area contributed by atoms with E-state index in [1.54, 1.807) is 0 Å². The molecule has 0 aliphatic heterocycles. The monoisotopic (exact) mass is 784 g/mol. The van der Waals surface area contributed by atoms with Gasteiger partial charge in [0.25, 0.3) is 0 Å². The molecule has 11 nitrogen and oxygen atoms in total. The van der Waals surface area contributed by atoms with Crippen LogP contribution in [0.3, 0.4) is 0 Å². The topological polar surface area (TPSA) is 172 Å². The number of esters is 2. The van der Waals surface area contributed by atoms with Crippen molar-refractivity contribution in [2.45, 2.75) is 180 Å². The van der Waals surface area contributed by atoms with Crippen molar-refractivity contribution in [2.24, 2.45) is 5.73 Å². The number of nitrogens with two attached hydrogens (primary N) is 1. The highest BCUT2D eigenvalue weighted by molar-refractivity contribution is 7.47. The number of phosphoric acid groups is 1. The Bertz CT molecular complexity index is 1110. The number of carbonyl (C=O) groups is 3. The Balaban J connectivity index is 4.45. The van der Waals surface area contributed by atoms with Crippen LogP contribution in [0, 0.1) is 0 Å². The van der Waals surface area contributed by atoms with Crippen molar-refractivity contribution in [3.8, 4) is 0 Å². The minimum atomic E-state index is -4.72. The van der Waals surface area contributed by atoms with Gasteiger partial charge in [0, 0.05) is 12.8 Å². The zero-order valence-electron chi connectivity index (χ0n) is 33.6. The van der Waals surface area contributed by atoms with Crippen LogP contribution >= 0.6 is 7.82 Å². The van der Waals surface area contributed by atoms with Gasteiger partial charge < -0.3 is 25.2 Å². The number of carboxylic acids is 1. The molecule has 0 aliphatic rings. The van der Waals surface area contributed by atoms with Gasteiger partial charge in [0.1, 0.15) is 12.6 Å². The van der Waals surface area contributed by atoms with Gasteiger partial charge in [0.15, 0.2) is 6.10 Å². The van der Waals surface area contributed by atoms with E-state index in [2.05, 4.69) is 67.0 Å². The van der Waals surface area contributed by atoms with Gasteiger partial charge in [-0.1, -0.05) is 152 Å². The van der Waals surface area contributed by atoms with Gasteiger partial charge in [-0.05, 0) is 51.4 Å². The Labute approximate surface area is 326 Å². The minimum absolute atomic E-state index is 0.154. The molecule has 312 valence electrons. The van der Waals surface area contributed by atoms with Crippen molar-refractivity contribution >= 4 is 25.7 Å². The summed E-state index contributed by atoms with van der Waals surface area (Å²) in [6, 6.07) is -1.53. The molecule has 0 aromatic rings. The lowest BCUT2D eigenvalue weighted by Crippen LogP contribution is -2.34. The predicted molar refractivity (Wildman–Crippen MR) is 217 cm³/mol. The second-order valence-electron chi connectivity index (χ2n) is 13.7. The molecular formula is C42H74NO10P. The fourth-order valence-corrected chi connectivity index (χ4v) is 6.13. The number of ether oxygens (including phenoxy) is 2. The molecule has 0 radical (unpaired) electrons. The van der Waals surface area contributed by atoms with Crippen LogP contribution in [0.25, 0.3) is 0 Å². The van der Waals surface area contributed by atoms with E-state index in [0.717, 1.165) is 57.8 Å². The molecular weight excluding hydrogens is 709 g/mol. The largest absolute Gasteiger partial charge is 0.480 e. The Morgan fingerprint density at radius 2 is 1.04 bits per heavy atom. The Morgan fingerprint density at radius 1 is 0.593 bits per heavy atom. The molecule has 0 fully saturated rings. The molecule has 0 saturated heterocycles. The van der Waals surface area contributed by atoms with Crippen molar-refractivity contribution in [3.05, 3.63) is 48.6 Å². The van der Waals surface area contributed by atoms with E-state index in [9.17, 15) is 23.8 Å². The van der Waals surface area contributed by atoms with Gasteiger partial charge in [-0.3, -0.25) is 23.4 Å². The molecule has 0 spiro atoms. The summed E-state index contributed by atoms with van der Waals surface area (Å²) in [4.78, 5) is 45.9. The molecule has 54 heavy (non-hydrogen) atoms. The summed E-state index contributed by atoms with van der Waals surface area (Å²) in [5.74, 6) is -2.43. The van der Waals surface area contributed by atoms with E-state index < -0.39 is 51.1 Å². The highest BCUT2D eigenvalue weighted by Crippen LogP contribution is 2.43. The SMILES string of the molecule is CC/C=C/C/C=C/C/C=C/C/C=C/CCCCC(=O)OC[C@H](COP(=O)(O)OC[C@H](N)C(=O)O)OC(=O)CCCCCCCCCCCCCCCCC. The summed E-state index contributed by atoms with van der Waals surface area (Å²) in [7, 11) is -4.72. The summed E-state index contributed by atoms with van der Waals surface area (Å²) >= 11 is 0. The number of hydrogen-bond donors (Lipinski definition) is 3. The van der Waals surface area contributed by atoms with Gasteiger partial charge in [-0.25, -0.2) is 4.57 Å². The third-order valence-corrected chi connectivity index (χ3v) is 9.54. The second kappa shape index (κ2) is 37.4. The fourth-order valence-electron chi connectivity index (χ4n) is 5.35. The molecule has 1 unspecified atom stereocenters. The normalized spacial score (nSPS) is 14.3. The number of rotatable bonds is 38. The van der Waals surface area contributed by atoms with E-state index >= 15 is 0 Å². The molecule has 0 saturated carbocycles. The maximum Gasteiger partial charge on any atom is 0.472 e. The first-order valence-corrected chi connectivity index (χ1v) is 22.2. The predicted octanol–water partition coefficient (Wildman–Crippen LogP) is 10.6. The summed E-state index contributed by atoms with van der Waals surface area (Å²) in [5, 5.41) is 8.87. The number of carbonyl (C=O) groups excluding carboxylic acids is 2. The van der Waals surface area contributed by atoms with Crippen molar-refractivity contribution in [1.82, 2.24) is 0 Å². The van der Waals surface area contributed by atoms with E-state index in [1.807, 2.05) is 0 Å². The summed E-state index contributed by atoms with van der Waals surface area (Å²) in [5.41, 5.74) is 5.32. The molecule has 12 heteroatoms. The van der Waals surface area contributed by atoms with Crippen LogP contribution in [0.5, 0.6) is 0 Å². The summed E-state index contributed by atoms with van der Waals surface area (Å²) < 4.78 is 32.6. The van der Waals surface area contributed by atoms with Crippen LogP contribution in [0.1, 0.15) is 168 Å². The van der Waals surface area contributed by atoms with Crippen molar-refractivity contribution < 1.29 is 47.5 Å². The first-order chi connectivity index (χ1) is 26.1. The number of aliphatic carboxylic acids is 1. The van der Waals surface area contributed by atoms with Crippen LogP contribution in [0.2, 0.25) is 0 Å². The maximum atomic E-state index is 12.6. The second-order valence-corrected chi connectivity index (χ2v) is 15.2. The lowest BCUT2D eigenvalue weighted by molar-refractivity contribution is -0.161. The Hall–Kier alpha value is -2.56. The van der Waals surface area contributed by atoms with E-state index in [-0.39, 0.29) is 19.4 Å². The average molecular weight is 784 g/mol. The minimum Gasteiger partial charge on any atom is -0.480 e. The molecule has 0 rings (SSSR count). The van der Waals surface area contributed by atoms with Crippen molar-refractivity contribution in [1.29, 1.82) is 0 Å². The number of phosphoric ester groups is 1. The van der Waals surface area contributed by atoms with E-state index in [4.69, 9.17) is 24.8 Å². The van der Waals surface area contributed by atoms with Gasteiger partial charge in [0.05, 0.1) is 13.2 Å². The highest BCUT2D eigenvalue weighted by Gasteiger charge is 2.28. The Kier molecular flexibility index (Phi) is 35.6. The lowest BCUT2D eigenvalue weighted by Gasteiger charge is -2.20. The summed E-state index contributed by atoms with van der Waals surface area (Å²) in [6.45, 7) is 2.64. The van der Waals surface area contributed by atoms with E-state index in [1.165, 1.54) is 70.6 Å².